The number of hydroxylamine groups is 2. The van der Waals surface area contributed by atoms with Crippen LogP contribution in [0.25, 0.3) is 0 Å². The molecule has 0 unspecified atom stereocenters. The van der Waals surface area contributed by atoms with Gasteiger partial charge in [0.05, 0.1) is 6.61 Å². The third kappa shape index (κ3) is 1.90. The first kappa shape index (κ1) is 9.36. The number of aliphatic hydroxyl groups is 1. The number of carboxylic acids is 1. The van der Waals surface area contributed by atoms with E-state index >= 15 is 0 Å². The summed E-state index contributed by atoms with van der Waals surface area (Å²) in [6.07, 6.45) is -0.621. The Balaban J connectivity index is 2.22. The zero-order valence-electron chi connectivity index (χ0n) is 6.21. The van der Waals surface area contributed by atoms with Crippen LogP contribution in [0.15, 0.2) is 0 Å². The van der Waals surface area contributed by atoms with E-state index < -0.39 is 24.8 Å². The lowest BCUT2D eigenvalue weighted by atomic mass is 10.2. The SMILES string of the molecule is N[C@H]1ON(OCC(=O)O)[C@@H]1CO. The van der Waals surface area contributed by atoms with Gasteiger partial charge in [0, 0.05) is 0 Å². The lowest BCUT2D eigenvalue weighted by Gasteiger charge is -2.41. The van der Waals surface area contributed by atoms with Gasteiger partial charge >= 0.3 is 5.97 Å². The van der Waals surface area contributed by atoms with E-state index in [9.17, 15) is 4.79 Å². The fraction of sp³-hybridized carbons (Fsp3) is 0.800. The number of hydrogen-bond acceptors (Lipinski definition) is 6. The van der Waals surface area contributed by atoms with Crippen LogP contribution in [0.2, 0.25) is 0 Å². The van der Waals surface area contributed by atoms with E-state index in [0.717, 1.165) is 5.23 Å². The number of carbonyl (C=O) groups is 1. The van der Waals surface area contributed by atoms with Crippen molar-refractivity contribution in [2.75, 3.05) is 13.2 Å². The molecule has 0 aromatic heterocycles. The Labute approximate surface area is 68.2 Å². The van der Waals surface area contributed by atoms with Gasteiger partial charge in [0.1, 0.15) is 6.04 Å². The number of nitrogens with zero attached hydrogens (tertiary/aromatic N) is 1. The van der Waals surface area contributed by atoms with E-state index in [4.69, 9.17) is 15.9 Å². The van der Waals surface area contributed by atoms with Crippen molar-refractivity contribution in [2.45, 2.75) is 12.3 Å². The molecule has 1 rings (SSSR count). The molecule has 1 aliphatic heterocycles. The average molecular weight is 178 g/mol. The first-order valence-corrected chi connectivity index (χ1v) is 3.32. The molecule has 0 aromatic rings. The largest absolute Gasteiger partial charge is 0.479 e. The first-order valence-electron chi connectivity index (χ1n) is 3.32. The Bertz CT molecular complexity index is 175. The van der Waals surface area contributed by atoms with E-state index in [1.54, 1.807) is 0 Å². The van der Waals surface area contributed by atoms with E-state index in [2.05, 4.69) is 9.68 Å². The summed E-state index contributed by atoms with van der Waals surface area (Å²) < 4.78 is 0. The second kappa shape index (κ2) is 3.78. The molecule has 2 atom stereocenters. The molecule has 7 heteroatoms. The van der Waals surface area contributed by atoms with Crippen LogP contribution in [0.5, 0.6) is 0 Å². The molecule has 1 aliphatic rings. The van der Waals surface area contributed by atoms with Crippen molar-refractivity contribution in [3.8, 4) is 0 Å². The van der Waals surface area contributed by atoms with Crippen molar-refractivity contribution in [1.29, 1.82) is 0 Å². The predicted octanol–water partition coefficient (Wildman–Crippen LogP) is -2.10. The van der Waals surface area contributed by atoms with E-state index in [0.29, 0.717) is 0 Å². The third-order valence-corrected chi connectivity index (χ3v) is 1.38. The molecule has 0 amide bonds. The van der Waals surface area contributed by atoms with Gasteiger partial charge in [-0.25, -0.2) is 4.79 Å². The molecular formula is C5H10N2O5. The molecular weight excluding hydrogens is 168 g/mol. The van der Waals surface area contributed by atoms with Gasteiger partial charge in [-0.15, -0.1) is 0 Å². The fourth-order valence-corrected chi connectivity index (χ4v) is 0.742. The molecule has 1 heterocycles. The van der Waals surface area contributed by atoms with Crippen LogP contribution < -0.4 is 5.73 Å². The van der Waals surface area contributed by atoms with Crippen LogP contribution in [0.1, 0.15) is 0 Å². The molecule has 0 aliphatic carbocycles. The van der Waals surface area contributed by atoms with Crippen molar-refractivity contribution in [1.82, 2.24) is 5.23 Å². The van der Waals surface area contributed by atoms with Crippen molar-refractivity contribution in [3.05, 3.63) is 0 Å². The van der Waals surface area contributed by atoms with Gasteiger partial charge in [-0.1, -0.05) is 5.23 Å². The van der Waals surface area contributed by atoms with Crippen molar-refractivity contribution >= 4 is 5.97 Å². The lowest BCUT2D eigenvalue weighted by molar-refractivity contribution is -0.487. The van der Waals surface area contributed by atoms with Crippen LogP contribution in [0, 0.1) is 0 Å². The minimum atomic E-state index is -1.12. The molecule has 0 bridgehead atoms. The lowest BCUT2D eigenvalue weighted by Crippen LogP contribution is -2.63. The number of hydrogen-bond donors (Lipinski definition) is 3. The minimum absolute atomic E-state index is 0.235. The molecule has 70 valence electrons. The average Bonchev–Trinajstić information content (AvgIpc) is 1.97. The molecule has 1 fully saturated rings. The van der Waals surface area contributed by atoms with Crippen molar-refractivity contribution in [2.24, 2.45) is 5.73 Å². The summed E-state index contributed by atoms with van der Waals surface area (Å²) in [6.45, 7) is -0.746. The number of rotatable bonds is 4. The molecule has 0 radical (unpaired) electrons. The van der Waals surface area contributed by atoms with Crippen LogP contribution in [-0.4, -0.2) is 46.9 Å². The second-order valence-corrected chi connectivity index (χ2v) is 2.27. The Hall–Kier alpha value is -0.730. The highest BCUT2D eigenvalue weighted by Crippen LogP contribution is 2.17. The number of aliphatic hydroxyl groups excluding tert-OH is 1. The maximum absolute atomic E-state index is 10.0. The second-order valence-electron chi connectivity index (χ2n) is 2.27. The topological polar surface area (TPSA) is 105 Å². The normalized spacial score (nSPS) is 29.8. The maximum Gasteiger partial charge on any atom is 0.331 e. The summed E-state index contributed by atoms with van der Waals surface area (Å²) in [6, 6.07) is -0.482. The van der Waals surface area contributed by atoms with Crippen LogP contribution in [-0.2, 0) is 14.5 Å². The summed E-state index contributed by atoms with van der Waals surface area (Å²) >= 11 is 0. The highest BCUT2D eigenvalue weighted by Gasteiger charge is 2.39. The van der Waals surface area contributed by atoms with Crippen LogP contribution >= 0.6 is 0 Å². The first-order chi connectivity index (χ1) is 5.65. The number of carboxylic acid groups (broad SMARTS) is 1. The summed E-state index contributed by atoms with van der Waals surface area (Å²) in [5, 5.41) is 17.8. The zero-order valence-corrected chi connectivity index (χ0v) is 6.21. The van der Waals surface area contributed by atoms with E-state index in [-0.39, 0.29) is 6.61 Å². The van der Waals surface area contributed by atoms with E-state index in [1.165, 1.54) is 0 Å². The Morgan fingerprint density at radius 1 is 1.75 bits per heavy atom. The van der Waals surface area contributed by atoms with Crippen LogP contribution in [0.4, 0.5) is 0 Å². The van der Waals surface area contributed by atoms with Crippen molar-refractivity contribution in [3.63, 3.8) is 0 Å². The molecule has 7 nitrogen and oxygen atoms in total. The smallest absolute Gasteiger partial charge is 0.331 e. The van der Waals surface area contributed by atoms with Gasteiger partial charge in [-0.2, -0.15) is 0 Å². The van der Waals surface area contributed by atoms with Gasteiger partial charge in [0.15, 0.2) is 12.8 Å². The number of aliphatic carboxylic acids is 1. The van der Waals surface area contributed by atoms with E-state index in [1.807, 2.05) is 0 Å². The molecule has 1 saturated heterocycles. The summed E-state index contributed by atoms with van der Waals surface area (Å²) in [4.78, 5) is 19.3. The van der Waals surface area contributed by atoms with Gasteiger partial charge in [0.2, 0.25) is 0 Å². The predicted molar refractivity (Wildman–Crippen MR) is 35.4 cm³/mol. The van der Waals surface area contributed by atoms with Gasteiger partial charge in [-0.3, -0.25) is 9.68 Å². The Kier molecular flexibility index (Phi) is 2.95. The summed E-state index contributed by atoms with van der Waals surface area (Å²) in [7, 11) is 0. The quantitative estimate of drug-likeness (QED) is 0.452. The number of nitrogens with two attached hydrogens (primary N) is 1. The van der Waals surface area contributed by atoms with Gasteiger partial charge < -0.3 is 15.9 Å². The Morgan fingerprint density at radius 2 is 2.42 bits per heavy atom. The maximum atomic E-state index is 10.0. The van der Waals surface area contributed by atoms with Crippen molar-refractivity contribution < 1.29 is 24.7 Å². The molecule has 12 heavy (non-hydrogen) atoms. The Morgan fingerprint density at radius 3 is 2.83 bits per heavy atom. The molecule has 0 saturated carbocycles. The van der Waals surface area contributed by atoms with Gasteiger partial charge in [0.25, 0.3) is 0 Å². The molecule has 0 spiro atoms. The highest BCUT2D eigenvalue weighted by molar-refractivity contribution is 5.67. The zero-order chi connectivity index (χ0) is 9.14. The van der Waals surface area contributed by atoms with Crippen LogP contribution in [0.3, 0.4) is 0 Å². The fourth-order valence-electron chi connectivity index (χ4n) is 0.742. The third-order valence-electron chi connectivity index (χ3n) is 1.38. The summed E-state index contributed by atoms with van der Waals surface area (Å²) in [5.41, 5.74) is 5.28. The summed E-state index contributed by atoms with van der Waals surface area (Å²) in [5.74, 6) is -1.12. The standard InChI is InChI=1S/C5H10N2O5/c6-5-3(1-8)7(12-5)11-2-4(9)10/h3,5,8H,1-2,6H2,(H,9,10)/t3-,5+/m1/s1. The van der Waals surface area contributed by atoms with Gasteiger partial charge in [-0.05, 0) is 0 Å². The monoisotopic (exact) mass is 178 g/mol. The molecule has 4 N–H and O–H groups in total. The minimum Gasteiger partial charge on any atom is -0.479 e. The highest BCUT2D eigenvalue weighted by atomic mass is 17.0. The molecule has 0 aromatic carbocycles.